The number of urea groups is 1. The van der Waals surface area contributed by atoms with Gasteiger partial charge < -0.3 is 5.73 Å². The molecular weight excluding hydrogens is 204 g/mol. The Labute approximate surface area is 86.0 Å². The number of primary amides is 1. The zero-order valence-electron chi connectivity index (χ0n) is 7.50. The summed E-state index contributed by atoms with van der Waals surface area (Å²) in [7, 11) is 0. The molecule has 0 radical (unpaired) electrons. The van der Waals surface area contributed by atoms with Crippen LogP contribution in [-0.4, -0.2) is 11.9 Å². The summed E-state index contributed by atoms with van der Waals surface area (Å²) in [6.07, 6.45) is 0. The monoisotopic (exact) mass is 212 g/mol. The topological polar surface area (TPSA) is 72.2 Å². The number of halogens is 1. The van der Waals surface area contributed by atoms with Gasteiger partial charge in [0.15, 0.2) is 0 Å². The second-order valence-corrected chi connectivity index (χ2v) is 3.14. The highest BCUT2D eigenvalue weighted by molar-refractivity contribution is 6.31. The number of benzene rings is 1. The van der Waals surface area contributed by atoms with E-state index in [0.29, 0.717) is 16.1 Å². The zero-order valence-corrected chi connectivity index (χ0v) is 8.26. The van der Waals surface area contributed by atoms with Crippen LogP contribution in [0, 0.1) is 6.92 Å². The van der Waals surface area contributed by atoms with Crippen molar-refractivity contribution in [2.45, 2.75) is 6.92 Å². The predicted molar refractivity (Wildman–Crippen MR) is 53.2 cm³/mol. The molecule has 0 heterocycles. The van der Waals surface area contributed by atoms with E-state index in [2.05, 4.69) is 0 Å². The van der Waals surface area contributed by atoms with Crippen LogP contribution in [0.4, 0.5) is 4.79 Å². The Morgan fingerprint density at radius 1 is 1.43 bits per heavy atom. The first-order valence-electron chi connectivity index (χ1n) is 3.88. The van der Waals surface area contributed by atoms with Gasteiger partial charge >= 0.3 is 6.03 Å². The second-order valence-electron chi connectivity index (χ2n) is 2.73. The van der Waals surface area contributed by atoms with Crippen LogP contribution in [0.15, 0.2) is 18.2 Å². The normalized spacial score (nSPS) is 9.57. The summed E-state index contributed by atoms with van der Waals surface area (Å²) < 4.78 is 0. The number of carbonyl (C=O) groups excluding carboxylic acids is 2. The molecule has 0 atom stereocenters. The zero-order chi connectivity index (χ0) is 10.7. The average Bonchev–Trinajstić information content (AvgIpc) is 2.08. The van der Waals surface area contributed by atoms with Crippen LogP contribution in [-0.2, 0) is 0 Å². The lowest BCUT2D eigenvalue weighted by Gasteiger charge is -2.05. The number of hydrogen-bond donors (Lipinski definition) is 2. The van der Waals surface area contributed by atoms with Crippen molar-refractivity contribution in [2.24, 2.45) is 5.73 Å². The molecule has 0 aromatic heterocycles. The molecule has 4 nitrogen and oxygen atoms in total. The van der Waals surface area contributed by atoms with E-state index in [9.17, 15) is 9.59 Å². The molecule has 0 saturated heterocycles. The number of nitrogens with one attached hydrogen (secondary N) is 1. The molecule has 0 fully saturated rings. The van der Waals surface area contributed by atoms with Crippen LogP contribution in [0.2, 0.25) is 5.02 Å². The summed E-state index contributed by atoms with van der Waals surface area (Å²) in [5.41, 5.74) is 5.78. The Morgan fingerprint density at radius 3 is 2.64 bits per heavy atom. The van der Waals surface area contributed by atoms with E-state index in [-0.39, 0.29) is 0 Å². The van der Waals surface area contributed by atoms with Crippen LogP contribution in [0.1, 0.15) is 15.9 Å². The molecule has 0 aliphatic rings. The van der Waals surface area contributed by atoms with Gasteiger partial charge in [-0.3, -0.25) is 10.1 Å². The molecule has 3 amide bonds. The average molecular weight is 213 g/mol. The third-order valence-electron chi connectivity index (χ3n) is 1.75. The summed E-state index contributed by atoms with van der Waals surface area (Å²) in [6.45, 7) is 1.69. The van der Waals surface area contributed by atoms with Crippen LogP contribution < -0.4 is 11.1 Å². The molecule has 0 spiro atoms. The minimum Gasteiger partial charge on any atom is -0.351 e. The third-order valence-corrected chi connectivity index (χ3v) is 2.16. The lowest BCUT2D eigenvalue weighted by molar-refractivity contribution is 0.0965. The largest absolute Gasteiger partial charge is 0.351 e. The van der Waals surface area contributed by atoms with E-state index in [1.54, 1.807) is 25.1 Å². The number of rotatable bonds is 1. The van der Waals surface area contributed by atoms with Crippen LogP contribution in [0.5, 0.6) is 0 Å². The van der Waals surface area contributed by atoms with Crippen molar-refractivity contribution in [1.29, 1.82) is 0 Å². The van der Waals surface area contributed by atoms with Gasteiger partial charge in [0.05, 0.1) is 0 Å². The Hall–Kier alpha value is -1.55. The predicted octanol–water partition coefficient (Wildman–Crippen LogP) is 1.46. The van der Waals surface area contributed by atoms with Gasteiger partial charge in [0.2, 0.25) is 0 Å². The van der Waals surface area contributed by atoms with Crippen LogP contribution >= 0.6 is 11.6 Å². The molecule has 1 aromatic carbocycles. The van der Waals surface area contributed by atoms with E-state index in [1.165, 1.54) is 0 Å². The minimum atomic E-state index is -0.880. The van der Waals surface area contributed by atoms with Crippen molar-refractivity contribution in [3.63, 3.8) is 0 Å². The smallest absolute Gasteiger partial charge is 0.319 e. The molecule has 5 heteroatoms. The first-order valence-corrected chi connectivity index (χ1v) is 4.26. The maximum Gasteiger partial charge on any atom is 0.319 e. The van der Waals surface area contributed by atoms with E-state index < -0.39 is 11.9 Å². The number of amides is 3. The van der Waals surface area contributed by atoms with E-state index in [0.717, 1.165) is 0 Å². The Balaban J connectivity index is 3.01. The highest BCUT2D eigenvalue weighted by Crippen LogP contribution is 2.18. The Bertz CT molecular complexity index is 390. The van der Waals surface area contributed by atoms with E-state index >= 15 is 0 Å². The number of imide groups is 1. The third kappa shape index (κ3) is 2.23. The molecule has 3 N–H and O–H groups in total. The van der Waals surface area contributed by atoms with Crippen molar-refractivity contribution in [3.8, 4) is 0 Å². The van der Waals surface area contributed by atoms with Gasteiger partial charge in [0, 0.05) is 10.6 Å². The van der Waals surface area contributed by atoms with Gasteiger partial charge in [-0.2, -0.15) is 0 Å². The minimum absolute atomic E-state index is 0.344. The first-order chi connectivity index (χ1) is 6.52. The maximum atomic E-state index is 11.4. The van der Waals surface area contributed by atoms with Crippen molar-refractivity contribution in [3.05, 3.63) is 34.3 Å². The molecule has 0 unspecified atom stereocenters. The number of hydrogen-bond acceptors (Lipinski definition) is 2. The second kappa shape index (κ2) is 4.11. The van der Waals surface area contributed by atoms with Gasteiger partial charge in [-0.05, 0) is 24.6 Å². The number of nitrogens with two attached hydrogens (primary N) is 1. The molecule has 1 aromatic rings. The SMILES string of the molecule is Cc1c(Cl)cccc1C(=O)NC(N)=O. The fourth-order valence-corrected chi connectivity index (χ4v) is 1.21. The fraction of sp³-hybridized carbons (Fsp3) is 0.111. The maximum absolute atomic E-state index is 11.4. The van der Waals surface area contributed by atoms with Crippen LogP contribution in [0.3, 0.4) is 0 Å². The van der Waals surface area contributed by atoms with Gasteiger partial charge in [0.1, 0.15) is 0 Å². The molecule has 0 bridgehead atoms. The van der Waals surface area contributed by atoms with Gasteiger partial charge in [-0.1, -0.05) is 17.7 Å². The van der Waals surface area contributed by atoms with Crippen molar-refractivity contribution >= 4 is 23.5 Å². The summed E-state index contributed by atoms with van der Waals surface area (Å²) in [6, 6.07) is 3.98. The molecule has 74 valence electrons. The van der Waals surface area contributed by atoms with Gasteiger partial charge in [-0.25, -0.2) is 4.79 Å². The first kappa shape index (κ1) is 10.5. The van der Waals surface area contributed by atoms with Crippen molar-refractivity contribution in [2.75, 3.05) is 0 Å². The van der Waals surface area contributed by atoms with E-state index in [4.69, 9.17) is 17.3 Å². The Kier molecular flexibility index (Phi) is 3.09. The lowest BCUT2D eigenvalue weighted by atomic mass is 10.1. The summed E-state index contributed by atoms with van der Waals surface area (Å²) in [5.74, 6) is -0.544. The summed E-state index contributed by atoms with van der Waals surface area (Å²) >= 11 is 5.80. The van der Waals surface area contributed by atoms with Gasteiger partial charge in [-0.15, -0.1) is 0 Å². The Morgan fingerprint density at radius 2 is 2.07 bits per heavy atom. The highest BCUT2D eigenvalue weighted by Gasteiger charge is 2.11. The van der Waals surface area contributed by atoms with E-state index in [1.807, 2.05) is 5.32 Å². The quantitative estimate of drug-likeness (QED) is 0.740. The molecule has 1 rings (SSSR count). The highest BCUT2D eigenvalue weighted by atomic mass is 35.5. The van der Waals surface area contributed by atoms with Crippen molar-refractivity contribution in [1.82, 2.24) is 5.32 Å². The molecule has 0 saturated carbocycles. The molecule has 0 aliphatic heterocycles. The van der Waals surface area contributed by atoms with Crippen LogP contribution in [0.25, 0.3) is 0 Å². The fourth-order valence-electron chi connectivity index (χ4n) is 1.03. The standard InChI is InChI=1S/C9H9ClN2O2/c1-5-6(3-2-4-7(5)10)8(13)12-9(11)14/h2-4H,1H3,(H3,11,12,13,14). The number of carbonyl (C=O) groups is 2. The lowest BCUT2D eigenvalue weighted by Crippen LogP contribution is -2.35. The summed E-state index contributed by atoms with van der Waals surface area (Å²) in [5, 5.41) is 2.44. The summed E-state index contributed by atoms with van der Waals surface area (Å²) in [4.78, 5) is 21.8. The molecule has 0 aliphatic carbocycles. The molecular formula is C9H9ClN2O2. The van der Waals surface area contributed by atoms with Crippen molar-refractivity contribution < 1.29 is 9.59 Å². The molecule has 14 heavy (non-hydrogen) atoms. The van der Waals surface area contributed by atoms with Gasteiger partial charge in [0.25, 0.3) is 5.91 Å².